The number of hydrogen-bond donors (Lipinski definition) is 1. The zero-order valence-corrected chi connectivity index (χ0v) is 9.76. The molecular formula is C10H13Cl2N2O-. The number of nitrogen functional groups attached to an aromatic ring is 1. The van der Waals surface area contributed by atoms with Gasteiger partial charge in [-0.2, -0.15) is 0 Å². The van der Waals surface area contributed by atoms with Crippen LogP contribution < -0.4 is 23.0 Å². The van der Waals surface area contributed by atoms with E-state index in [0.29, 0.717) is 5.02 Å². The van der Waals surface area contributed by atoms with Crippen LogP contribution in [0.5, 0.6) is 0 Å². The number of hydrogen-bond acceptors (Lipinski definition) is 3. The molecule has 1 heterocycles. The first-order valence-electron chi connectivity index (χ1n) is 4.65. The van der Waals surface area contributed by atoms with Gasteiger partial charge in [0.2, 0.25) is 0 Å². The highest BCUT2D eigenvalue weighted by Crippen LogP contribution is 2.26. The third-order valence-corrected chi connectivity index (χ3v) is 2.58. The molecule has 1 aromatic rings. The molecule has 1 aromatic carbocycles. The van der Waals surface area contributed by atoms with E-state index in [1.54, 1.807) is 6.07 Å². The summed E-state index contributed by atoms with van der Waals surface area (Å²) >= 11 is 5.83. The number of nitrogens with zero attached hydrogens (tertiary/aromatic N) is 1. The molecular weight excluding hydrogens is 235 g/mol. The Labute approximate surface area is 101 Å². The van der Waals surface area contributed by atoms with Crippen molar-refractivity contribution in [3.05, 3.63) is 23.2 Å². The molecule has 15 heavy (non-hydrogen) atoms. The van der Waals surface area contributed by atoms with Gasteiger partial charge in [-0.3, -0.25) is 0 Å². The number of anilines is 2. The molecule has 84 valence electrons. The van der Waals surface area contributed by atoms with Gasteiger partial charge in [-0.25, -0.2) is 0 Å². The van der Waals surface area contributed by atoms with E-state index in [-0.39, 0.29) is 12.4 Å². The molecule has 0 aliphatic carbocycles. The zero-order chi connectivity index (χ0) is 9.97. The number of nitrogens with two attached hydrogens (primary N) is 1. The first-order valence-corrected chi connectivity index (χ1v) is 5.03. The molecule has 0 aromatic heterocycles. The largest absolute Gasteiger partial charge is 1.00 e. The Bertz CT molecular complexity index is 327. The van der Waals surface area contributed by atoms with Crippen molar-refractivity contribution in [2.45, 2.75) is 0 Å². The van der Waals surface area contributed by atoms with Crippen molar-refractivity contribution in [2.75, 3.05) is 36.9 Å². The van der Waals surface area contributed by atoms with Crippen LogP contribution in [-0.4, -0.2) is 26.3 Å². The van der Waals surface area contributed by atoms with Gasteiger partial charge in [-0.1, -0.05) is 11.6 Å². The molecule has 0 atom stereocenters. The molecule has 1 fully saturated rings. The van der Waals surface area contributed by atoms with Gasteiger partial charge in [0, 0.05) is 18.1 Å². The normalized spacial score (nSPS) is 15.9. The maximum absolute atomic E-state index is 5.89. The SMILES string of the molecule is Nc1cc(Cl)ccc1N1CCOCC1.[Cl-]. The lowest BCUT2D eigenvalue weighted by Crippen LogP contribution is -3.00. The highest BCUT2D eigenvalue weighted by atomic mass is 35.5. The van der Waals surface area contributed by atoms with Crippen LogP contribution in [-0.2, 0) is 4.74 Å². The lowest BCUT2D eigenvalue weighted by molar-refractivity contribution is -0.00000354. The zero-order valence-electron chi connectivity index (χ0n) is 8.25. The van der Waals surface area contributed by atoms with Crippen molar-refractivity contribution in [2.24, 2.45) is 0 Å². The highest BCUT2D eigenvalue weighted by Gasteiger charge is 2.13. The van der Waals surface area contributed by atoms with Crippen molar-refractivity contribution in [3.63, 3.8) is 0 Å². The van der Waals surface area contributed by atoms with Gasteiger partial charge in [0.1, 0.15) is 0 Å². The molecule has 1 aliphatic rings. The summed E-state index contributed by atoms with van der Waals surface area (Å²) in [6, 6.07) is 5.61. The molecule has 2 rings (SSSR count). The summed E-state index contributed by atoms with van der Waals surface area (Å²) in [7, 11) is 0. The van der Waals surface area contributed by atoms with Crippen molar-refractivity contribution >= 4 is 23.0 Å². The van der Waals surface area contributed by atoms with E-state index in [4.69, 9.17) is 22.1 Å². The van der Waals surface area contributed by atoms with Gasteiger partial charge in [0.25, 0.3) is 0 Å². The van der Waals surface area contributed by atoms with Crippen LogP contribution in [0.4, 0.5) is 11.4 Å². The lowest BCUT2D eigenvalue weighted by Gasteiger charge is -2.29. The predicted octanol–water partition coefficient (Wildman–Crippen LogP) is -1.24. The van der Waals surface area contributed by atoms with Gasteiger partial charge in [0.15, 0.2) is 0 Å². The predicted molar refractivity (Wildman–Crippen MR) is 58.9 cm³/mol. The standard InChI is InChI=1S/C10H13ClN2O.ClH/c11-8-1-2-10(9(12)7-8)13-3-5-14-6-4-13;/h1-2,7H,3-6,12H2;1H/p-1. The average Bonchev–Trinajstić information content (AvgIpc) is 2.19. The third-order valence-electron chi connectivity index (χ3n) is 2.34. The smallest absolute Gasteiger partial charge is 0.0642 e. The number of morpholine rings is 1. The molecule has 5 heteroatoms. The van der Waals surface area contributed by atoms with Crippen molar-refractivity contribution < 1.29 is 17.1 Å². The van der Waals surface area contributed by atoms with E-state index >= 15 is 0 Å². The lowest BCUT2D eigenvalue weighted by atomic mass is 10.2. The number of ether oxygens (including phenoxy) is 1. The molecule has 0 spiro atoms. The highest BCUT2D eigenvalue weighted by molar-refractivity contribution is 6.31. The molecule has 1 aliphatic heterocycles. The van der Waals surface area contributed by atoms with Crippen LogP contribution >= 0.6 is 11.6 Å². The van der Waals surface area contributed by atoms with Crippen LogP contribution in [0.25, 0.3) is 0 Å². The molecule has 2 N–H and O–H groups in total. The molecule has 0 bridgehead atoms. The second-order valence-corrected chi connectivity index (χ2v) is 3.74. The topological polar surface area (TPSA) is 38.5 Å². The van der Waals surface area contributed by atoms with E-state index in [9.17, 15) is 0 Å². The summed E-state index contributed by atoms with van der Waals surface area (Å²) in [6.07, 6.45) is 0. The Morgan fingerprint density at radius 3 is 2.53 bits per heavy atom. The summed E-state index contributed by atoms with van der Waals surface area (Å²) in [5.74, 6) is 0. The summed E-state index contributed by atoms with van der Waals surface area (Å²) < 4.78 is 5.28. The van der Waals surface area contributed by atoms with Crippen molar-refractivity contribution in [1.29, 1.82) is 0 Å². The van der Waals surface area contributed by atoms with Crippen molar-refractivity contribution in [3.8, 4) is 0 Å². The first kappa shape index (κ1) is 12.4. The van der Waals surface area contributed by atoms with Gasteiger partial charge in [-0.15, -0.1) is 0 Å². The monoisotopic (exact) mass is 247 g/mol. The van der Waals surface area contributed by atoms with Crippen molar-refractivity contribution in [1.82, 2.24) is 0 Å². The van der Waals surface area contributed by atoms with E-state index in [0.717, 1.165) is 37.7 Å². The van der Waals surface area contributed by atoms with Gasteiger partial charge >= 0.3 is 0 Å². The molecule has 0 amide bonds. The Morgan fingerprint density at radius 1 is 1.27 bits per heavy atom. The summed E-state index contributed by atoms with van der Waals surface area (Å²) in [4.78, 5) is 2.22. The summed E-state index contributed by atoms with van der Waals surface area (Å²) in [6.45, 7) is 3.32. The van der Waals surface area contributed by atoms with Crippen LogP contribution in [0.2, 0.25) is 5.02 Å². The fraction of sp³-hybridized carbons (Fsp3) is 0.400. The second-order valence-electron chi connectivity index (χ2n) is 3.30. The summed E-state index contributed by atoms with van der Waals surface area (Å²) in [5, 5.41) is 0.680. The van der Waals surface area contributed by atoms with E-state index in [2.05, 4.69) is 4.90 Å². The fourth-order valence-corrected chi connectivity index (χ4v) is 1.80. The quantitative estimate of drug-likeness (QED) is 0.632. The summed E-state index contributed by atoms with van der Waals surface area (Å²) in [5.41, 5.74) is 7.67. The van der Waals surface area contributed by atoms with Crippen LogP contribution in [0, 0.1) is 0 Å². The Balaban J connectivity index is 0.00000112. The molecule has 0 unspecified atom stereocenters. The first-order chi connectivity index (χ1) is 6.77. The van der Waals surface area contributed by atoms with E-state index < -0.39 is 0 Å². The minimum atomic E-state index is 0. The molecule has 0 radical (unpaired) electrons. The fourth-order valence-electron chi connectivity index (χ4n) is 1.62. The second kappa shape index (κ2) is 5.45. The average molecular weight is 248 g/mol. The number of benzene rings is 1. The number of halogens is 2. The third kappa shape index (κ3) is 2.91. The molecule has 3 nitrogen and oxygen atoms in total. The van der Waals surface area contributed by atoms with Crippen LogP contribution in [0.3, 0.4) is 0 Å². The van der Waals surface area contributed by atoms with E-state index in [1.807, 2.05) is 12.1 Å². The maximum atomic E-state index is 5.89. The maximum Gasteiger partial charge on any atom is 0.0642 e. The van der Waals surface area contributed by atoms with E-state index in [1.165, 1.54) is 0 Å². The van der Waals surface area contributed by atoms with Gasteiger partial charge < -0.3 is 27.8 Å². The Morgan fingerprint density at radius 2 is 1.93 bits per heavy atom. The minimum Gasteiger partial charge on any atom is -1.00 e. The van der Waals surface area contributed by atoms with Gasteiger partial charge in [-0.05, 0) is 18.2 Å². The molecule has 0 saturated carbocycles. The molecule has 1 saturated heterocycles. The van der Waals surface area contributed by atoms with Crippen LogP contribution in [0.15, 0.2) is 18.2 Å². The Kier molecular flexibility index (Phi) is 4.51. The minimum absolute atomic E-state index is 0. The van der Waals surface area contributed by atoms with Crippen LogP contribution in [0.1, 0.15) is 0 Å². The Hall–Kier alpha value is -0.640. The van der Waals surface area contributed by atoms with Gasteiger partial charge in [0.05, 0.1) is 24.6 Å². The number of rotatable bonds is 1.